The summed E-state index contributed by atoms with van der Waals surface area (Å²) in [7, 11) is -1.40. The Kier molecular flexibility index (Phi) is 4.03. The van der Waals surface area contributed by atoms with Crippen molar-refractivity contribution in [2.75, 3.05) is 0 Å². The Morgan fingerprint density at radius 3 is 1.69 bits per heavy atom. The molecule has 0 aliphatic rings. The number of hydrogen-bond acceptors (Lipinski definition) is 0. The fourth-order valence-electron chi connectivity index (χ4n) is 1.02. The molecule has 0 rings (SSSR count). The standard InChI is InChI=1S/C9H19F3Si/c1-7(9(10,11)12)6-8(2)13(3,4)5/h7-8H,6H2,1-5H3. The van der Waals surface area contributed by atoms with Crippen LogP contribution in [-0.2, 0) is 0 Å². The molecule has 0 nitrogen and oxygen atoms in total. The molecule has 4 heteroatoms. The van der Waals surface area contributed by atoms with Crippen LogP contribution in [-0.4, -0.2) is 14.3 Å². The third-order valence-electron chi connectivity index (χ3n) is 2.74. The molecule has 0 aliphatic heterocycles. The zero-order chi connectivity index (χ0) is 10.9. The Bertz CT molecular complexity index is 139. The fraction of sp³-hybridized carbons (Fsp3) is 1.00. The first-order valence-electron chi connectivity index (χ1n) is 4.62. The molecule has 0 bridgehead atoms. The summed E-state index contributed by atoms with van der Waals surface area (Å²) >= 11 is 0. The van der Waals surface area contributed by atoms with Gasteiger partial charge in [0.1, 0.15) is 0 Å². The van der Waals surface area contributed by atoms with Crippen molar-refractivity contribution < 1.29 is 13.2 Å². The van der Waals surface area contributed by atoms with Crippen LogP contribution in [0.4, 0.5) is 13.2 Å². The summed E-state index contributed by atoms with van der Waals surface area (Å²) in [5.74, 6) is -1.16. The van der Waals surface area contributed by atoms with Crippen LogP contribution >= 0.6 is 0 Å². The van der Waals surface area contributed by atoms with Crippen molar-refractivity contribution in [3.8, 4) is 0 Å². The molecule has 0 fully saturated rings. The molecule has 0 aromatic heterocycles. The highest BCUT2D eigenvalue weighted by Crippen LogP contribution is 2.36. The van der Waals surface area contributed by atoms with Crippen molar-refractivity contribution >= 4 is 8.07 Å². The van der Waals surface area contributed by atoms with E-state index in [0.29, 0.717) is 0 Å². The monoisotopic (exact) mass is 212 g/mol. The van der Waals surface area contributed by atoms with Crippen molar-refractivity contribution in [2.24, 2.45) is 5.92 Å². The van der Waals surface area contributed by atoms with E-state index in [4.69, 9.17) is 0 Å². The zero-order valence-corrected chi connectivity index (χ0v) is 10.00. The summed E-state index contributed by atoms with van der Waals surface area (Å²) in [4.78, 5) is 0. The molecule has 0 aromatic rings. The number of hydrogen-bond donors (Lipinski definition) is 0. The molecule has 0 N–H and O–H groups in total. The second kappa shape index (κ2) is 4.03. The second-order valence-electron chi connectivity index (χ2n) is 4.95. The van der Waals surface area contributed by atoms with Crippen LogP contribution < -0.4 is 0 Å². The first-order valence-corrected chi connectivity index (χ1v) is 8.19. The average Bonchev–Trinajstić information content (AvgIpc) is 1.82. The van der Waals surface area contributed by atoms with Gasteiger partial charge in [0, 0.05) is 8.07 Å². The third kappa shape index (κ3) is 4.69. The number of rotatable bonds is 3. The van der Waals surface area contributed by atoms with Crippen LogP contribution in [0, 0.1) is 5.92 Å². The molecular weight excluding hydrogens is 193 g/mol. The SMILES string of the molecule is CC(CC(C)[Si](C)(C)C)C(F)(F)F. The van der Waals surface area contributed by atoms with E-state index >= 15 is 0 Å². The van der Waals surface area contributed by atoms with E-state index < -0.39 is 20.2 Å². The maximum Gasteiger partial charge on any atom is 0.391 e. The Morgan fingerprint density at radius 1 is 1.08 bits per heavy atom. The summed E-state index contributed by atoms with van der Waals surface area (Å²) in [5.41, 5.74) is 0.226. The molecule has 0 aliphatic carbocycles. The van der Waals surface area contributed by atoms with Gasteiger partial charge in [0.15, 0.2) is 0 Å². The van der Waals surface area contributed by atoms with E-state index in [9.17, 15) is 13.2 Å². The van der Waals surface area contributed by atoms with Gasteiger partial charge in [-0.05, 0) is 12.0 Å². The number of halogens is 3. The first-order chi connectivity index (χ1) is 5.55. The largest absolute Gasteiger partial charge is 0.391 e. The van der Waals surface area contributed by atoms with Gasteiger partial charge in [0.25, 0.3) is 0 Å². The minimum absolute atomic E-state index is 0.226. The van der Waals surface area contributed by atoms with Crippen molar-refractivity contribution in [1.82, 2.24) is 0 Å². The lowest BCUT2D eigenvalue weighted by molar-refractivity contribution is -0.171. The van der Waals surface area contributed by atoms with Gasteiger partial charge in [0.05, 0.1) is 5.92 Å². The highest BCUT2D eigenvalue weighted by atomic mass is 28.3. The van der Waals surface area contributed by atoms with Gasteiger partial charge >= 0.3 is 6.18 Å². The Hall–Kier alpha value is 0.00688. The lowest BCUT2D eigenvalue weighted by Crippen LogP contribution is -2.30. The molecular formula is C9H19F3Si. The molecule has 0 aromatic carbocycles. The minimum atomic E-state index is -4.02. The van der Waals surface area contributed by atoms with Gasteiger partial charge < -0.3 is 0 Å². The van der Waals surface area contributed by atoms with E-state index in [1.165, 1.54) is 6.92 Å². The minimum Gasteiger partial charge on any atom is -0.171 e. The average molecular weight is 212 g/mol. The van der Waals surface area contributed by atoms with Crippen LogP contribution in [0.2, 0.25) is 25.2 Å². The summed E-state index contributed by atoms with van der Waals surface area (Å²) in [5, 5.41) is 0. The maximum absolute atomic E-state index is 12.2. The van der Waals surface area contributed by atoms with Gasteiger partial charge in [-0.25, -0.2) is 0 Å². The molecule has 2 unspecified atom stereocenters. The van der Waals surface area contributed by atoms with Crippen molar-refractivity contribution in [2.45, 2.75) is 51.6 Å². The van der Waals surface area contributed by atoms with E-state index in [1.54, 1.807) is 0 Å². The highest BCUT2D eigenvalue weighted by molar-refractivity contribution is 6.77. The molecule has 0 heterocycles. The summed E-state index contributed by atoms with van der Waals surface area (Å²) in [6.45, 7) is 9.55. The van der Waals surface area contributed by atoms with Crippen LogP contribution in [0.1, 0.15) is 20.3 Å². The molecule has 0 radical (unpaired) electrons. The van der Waals surface area contributed by atoms with Gasteiger partial charge in [-0.2, -0.15) is 13.2 Å². The van der Waals surface area contributed by atoms with Crippen molar-refractivity contribution in [3.05, 3.63) is 0 Å². The lowest BCUT2D eigenvalue weighted by Gasteiger charge is -2.28. The Balaban J connectivity index is 4.15. The van der Waals surface area contributed by atoms with Crippen molar-refractivity contribution in [3.63, 3.8) is 0 Å². The predicted molar refractivity (Wildman–Crippen MR) is 52.6 cm³/mol. The van der Waals surface area contributed by atoms with Crippen molar-refractivity contribution in [1.29, 1.82) is 0 Å². The van der Waals surface area contributed by atoms with Crippen LogP contribution in [0.3, 0.4) is 0 Å². The van der Waals surface area contributed by atoms with Gasteiger partial charge in [-0.15, -0.1) is 0 Å². The molecule has 13 heavy (non-hydrogen) atoms. The zero-order valence-electron chi connectivity index (χ0n) is 9.00. The topological polar surface area (TPSA) is 0 Å². The molecule has 0 saturated carbocycles. The van der Waals surface area contributed by atoms with Gasteiger partial charge in [0.2, 0.25) is 0 Å². The highest BCUT2D eigenvalue weighted by Gasteiger charge is 2.38. The van der Waals surface area contributed by atoms with E-state index in [-0.39, 0.29) is 12.0 Å². The Morgan fingerprint density at radius 2 is 1.46 bits per heavy atom. The molecule has 0 spiro atoms. The molecule has 0 amide bonds. The summed E-state index contributed by atoms with van der Waals surface area (Å²) in [6, 6.07) is 0. The smallest absolute Gasteiger partial charge is 0.171 e. The van der Waals surface area contributed by atoms with E-state index in [2.05, 4.69) is 19.6 Å². The summed E-state index contributed by atoms with van der Waals surface area (Å²) in [6.07, 6.45) is -3.74. The molecule has 80 valence electrons. The van der Waals surface area contributed by atoms with Gasteiger partial charge in [-0.3, -0.25) is 0 Å². The Labute approximate surface area is 79.5 Å². The summed E-state index contributed by atoms with van der Waals surface area (Å²) < 4.78 is 36.6. The third-order valence-corrected chi connectivity index (χ3v) is 5.94. The predicted octanol–water partition coefficient (Wildman–Crippen LogP) is 4.30. The molecule has 2 atom stereocenters. The second-order valence-corrected chi connectivity index (χ2v) is 10.7. The van der Waals surface area contributed by atoms with Gasteiger partial charge in [-0.1, -0.05) is 33.5 Å². The molecule has 0 saturated heterocycles. The van der Waals surface area contributed by atoms with Crippen LogP contribution in [0.5, 0.6) is 0 Å². The quantitative estimate of drug-likeness (QED) is 0.612. The fourth-order valence-corrected chi connectivity index (χ4v) is 2.08. The maximum atomic E-state index is 12.2. The lowest BCUT2D eigenvalue weighted by atomic mass is 10.1. The normalized spacial score (nSPS) is 18.5. The van der Waals surface area contributed by atoms with E-state index in [1.807, 2.05) is 6.92 Å². The first kappa shape index (κ1) is 13.0. The van der Waals surface area contributed by atoms with E-state index in [0.717, 1.165) is 0 Å². The van der Waals surface area contributed by atoms with Crippen LogP contribution in [0.15, 0.2) is 0 Å². The van der Waals surface area contributed by atoms with Crippen LogP contribution in [0.25, 0.3) is 0 Å². The number of alkyl halides is 3.